The fourth-order valence-corrected chi connectivity index (χ4v) is 16.1. The normalized spacial score (nSPS) is 14.1. The second kappa shape index (κ2) is 15.9. The number of thiophene rings is 1. The number of furan rings is 2. The number of hydrogen-bond donors (Lipinski definition) is 0. The Bertz CT molecular complexity index is 5120. The summed E-state index contributed by atoms with van der Waals surface area (Å²) < 4.78 is 17.1. The maximum absolute atomic E-state index is 7.46. The molecule has 3 nitrogen and oxygen atoms in total. The zero-order valence-electron chi connectivity index (χ0n) is 43.8. The fraction of sp³-hybridized carbons (Fsp3) is 0.0526. The molecule has 0 saturated heterocycles. The van der Waals surface area contributed by atoms with E-state index in [0.29, 0.717) is 0 Å². The van der Waals surface area contributed by atoms with Gasteiger partial charge < -0.3 is 13.7 Å². The van der Waals surface area contributed by atoms with E-state index in [2.05, 4.69) is 267 Å². The lowest BCUT2D eigenvalue weighted by Gasteiger charge is -2.30. The molecule has 0 unspecified atom stereocenters. The number of benzene rings is 12. The summed E-state index contributed by atoms with van der Waals surface area (Å²) in [4.78, 5) is 2.45. The van der Waals surface area contributed by atoms with Crippen molar-refractivity contribution in [3.63, 3.8) is 0 Å². The number of rotatable bonds is 5. The molecule has 0 fully saturated rings. The summed E-state index contributed by atoms with van der Waals surface area (Å²) in [7, 11) is 0. The first-order valence-corrected chi connectivity index (χ1v) is 28.5. The van der Waals surface area contributed by atoms with Crippen LogP contribution < -0.4 is 4.90 Å². The lowest BCUT2D eigenvalue weighted by Crippen LogP contribution is -2.25. The summed E-state index contributed by atoms with van der Waals surface area (Å²) in [5.74, 6) is 0. The Morgan fingerprint density at radius 1 is 0.350 bits per heavy atom. The second-order valence-electron chi connectivity index (χ2n) is 22.6. The fourth-order valence-electron chi connectivity index (χ4n) is 14.9. The smallest absolute Gasteiger partial charge is 0.144 e. The van der Waals surface area contributed by atoms with Crippen molar-refractivity contribution in [3.05, 3.63) is 282 Å². The molecule has 12 aromatic carbocycles. The number of nitrogens with zero attached hydrogens (tertiary/aromatic N) is 1. The summed E-state index contributed by atoms with van der Waals surface area (Å²) in [6, 6.07) is 92.2. The maximum atomic E-state index is 7.46. The quantitative estimate of drug-likeness (QED) is 0.172. The Balaban J connectivity index is 0.887. The van der Waals surface area contributed by atoms with Gasteiger partial charge in [0, 0.05) is 58.7 Å². The van der Waals surface area contributed by atoms with E-state index >= 15 is 0 Å². The van der Waals surface area contributed by atoms with E-state index in [1.807, 2.05) is 11.3 Å². The Labute approximate surface area is 465 Å². The molecule has 0 atom stereocenters. The highest BCUT2D eigenvalue weighted by atomic mass is 32.1. The largest absolute Gasteiger partial charge is 0.456 e. The maximum Gasteiger partial charge on any atom is 0.144 e. The molecule has 80 heavy (non-hydrogen) atoms. The van der Waals surface area contributed by atoms with Crippen LogP contribution in [-0.4, -0.2) is 0 Å². The molecule has 0 N–H and O–H groups in total. The predicted octanol–water partition coefficient (Wildman–Crippen LogP) is 21.3. The van der Waals surface area contributed by atoms with Crippen molar-refractivity contribution in [3.8, 4) is 55.6 Å². The van der Waals surface area contributed by atoms with Crippen LogP contribution in [0.2, 0.25) is 0 Å². The average molecular weight is 1040 g/mol. The van der Waals surface area contributed by atoms with Crippen LogP contribution in [0.5, 0.6) is 0 Å². The summed E-state index contributed by atoms with van der Waals surface area (Å²) in [5, 5.41) is 6.73. The molecule has 3 heterocycles. The van der Waals surface area contributed by atoms with Crippen LogP contribution in [0.25, 0.3) is 120 Å². The molecule has 0 aliphatic heterocycles. The van der Waals surface area contributed by atoms with Gasteiger partial charge in [0.2, 0.25) is 0 Å². The summed E-state index contributed by atoms with van der Waals surface area (Å²) in [6.07, 6.45) is 0. The molecule has 0 bridgehead atoms. The van der Waals surface area contributed by atoms with Gasteiger partial charge in [0.25, 0.3) is 0 Å². The third-order valence-corrected chi connectivity index (χ3v) is 19.5. The Morgan fingerprint density at radius 3 is 1.65 bits per heavy atom. The highest BCUT2D eigenvalue weighted by Crippen LogP contribution is 2.64. The molecule has 0 amide bonds. The molecule has 1 spiro atoms. The van der Waals surface area contributed by atoms with Gasteiger partial charge in [-0.05, 0) is 144 Å². The summed E-state index contributed by atoms with van der Waals surface area (Å²) in [6.45, 7) is 4.73. The second-order valence-corrected chi connectivity index (χ2v) is 23.6. The highest BCUT2D eigenvalue weighted by Gasteiger charge is 2.51. The Hall–Kier alpha value is -9.74. The minimum Gasteiger partial charge on any atom is -0.456 e. The Kier molecular flexibility index (Phi) is 8.82. The molecule has 3 aromatic heterocycles. The van der Waals surface area contributed by atoms with Crippen LogP contribution in [0, 0.1) is 0 Å². The van der Waals surface area contributed by atoms with Crippen molar-refractivity contribution in [2.45, 2.75) is 24.7 Å². The van der Waals surface area contributed by atoms with Crippen molar-refractivity contribution in [1.29, 1.82) is 0 Å². The van der Waals surface area contributed by atoms with Gasteiger partial charge in [0.1, 0.15) is 22.3 Å². The zero-order valence-corrected chi connectivity index (χ0v) is 44.7. The van der Waals surface area contributed by atoms with E-state index in [1.165, 1.54) is 98.1 Å². The van der Waals surface area contributed by atoms with Crippen LogP contribution in [0.4, 0.5) is 17.1 Å². The lowest BCUT2D eigenvalue weighted by atomic mass is 9.70. The first kappa shape index (κ1) is 44.3. The van der Waals surface area contributed by atoms with Gasteiger partial charge >= 0.3 is 0 Å². The molecular weight excluding hydrogens is 991 g/mol. The van der Waals surface area contributed by atoms with Crippen LogP contribution in [0.3, 0.4) is 0 Å². The van der Waals surface area contributed by atoms with Crippen molar-refractivity contribution in [2.75, 3.05) is 4.90 Å². The number of fused-ring (bicyclic) bond motifs is 22. The molecule has 0 radical (unpaired) electrons. The first-order valence-electron chi connectivity index (χ1n) is 27.7. The monoisotopic (exact) mass is 1040 g/mol. The molecule has 4 heteroatoms. The van der Waals surface area contributed by atoms with E-state index in [1.54, 1.807) is 0 Å². The van der Waals surface area contributed by atoms with Gasteiger partial charge in [0.15, 0.2) is 0 Å². The van der Waals surface area contributed by atoms with Gasteiger partial charge in [-0.15, -0.1) is 11.3 Å². The number of anilines is 3. The van der Waals surface area contributed by atoms with Crippen molar-refractivity contribution in [1.82, 2.24) is 0 Å². The van der Waals surface area contributed by atoms with Gasteiger partial charge in [-0.2, -0.15) is 0 Å². The number of para-hydroxylation sites is 1. The Morgan fingerprint density at radius 2 is 0.900 bits per heavy atom. The molecule has 0 saturated carbocycles. The van der Waals surface area contributed by atoms with Crippen molar-refractivity contribution >= 4 is 92.4 Å². The SMILES string of the molecule is CC1(C)c2ccccc2-c2ccc(N(c3ccc(-c4cccc5c4sc4ccccc45)cc3)c3cccc4oc5c(-c6ccc7c(c6)C6(c8ccccc8-c8ccccc86)c6ccccc6-7)c6c(cc5c34)oc3ccccc36)cc21. The van der Waals surface area contributed by atoms with E-state index in [9.17, 15) is 0 Å². The average Bonchev–Trinajstić information content (AvgIpc) is 4.46. The topological polar surface area (TPSA) is 29.5 Å². The third kappa shape index (κ3) is 5.72. The van der Waals surface area contributed by atoms with Crippen LogP contribution in [0.1, 0.15) is 47.2 Å². The molecule has 3 aliphatic rings. The minimum atomic E-state index is -0.506. The lowest BCUT2D eigenvalue weighted by molar-refractivity contribution is 0.660. The zero-order chi connectivity index (χ0) is 52.6. The van der Waals surface area contributed by atoms with E-state index in [4.69, 9.17) is 8.83 Å². The van der Waals surface area contributed by atoms with Crippen LogP contribution >= 0.6 is 11.3 Å². The molecule has 18 rings (SSSR count). The first-order chi connectivity index (χ1) is 39.4. The minimum absolute atomic E-state index is 0.199. The van der Waals surface area contributed by atoms with Crippen molar-refractivity contribution < 1.29 is 8.83 Å². The van der Waals surface area contributed by atoms with Gasteiger partial charge in [-0.3, -0.25) is 0 Å². The molecule has 3 aliphatic carbocycles. The van der Waals surface area contributed by atoms with Gasteiger partial charge in [-0.25, -0.2) is 0 Å². The molecule has 374 valence electrons. The van der Waals surface area contributed by atoms with E-state index in [0.717, 1.165) is 72.1 Å². The van der Waals surface area contributed by atoms with Crippen molar-refractivity contribution in [2.24, 2.45) is 0 Å². The van der Waals surface area contributed by atoms with Gasteiger partial charge in [0.05, 0.1) is 16.5 Å². The molecular formula is C76H47NO2S. The summed E-state index contributed by atoms with van der Waals surface area (Å²) >= 11 is 1.87. The van der Waals surface area contributed by atoms with E-state index in [-0.39, 0.29) is 5.41 Å². The van der Waals surface area contributed by atoms with E-state index < -0.39 is 5.41 Å². The third-order valence-electron chi connectivity index (χ3n) is 18.3. The molecule has 15 aromatic rings. The summed E-state index contributed by atoms with van der Waals surface area (Å²) in [5.41, 5.74) is 25.9. The predicted molar refractivity (Wildman–Crippen MR) is 333 cm³/mol. The standard InChI is InChI=1S/C76H47NO2S/c1-75(2)59-25-9-3-17-49(59)53-40-38-47(42-63(53)75)77(46-36-33-44(34-37-46)48-23-15-24-56-55-21-8-14-32-69(55)80-74(48)56)65-29-16-31-67-71(65)58-43-68-72(57-22-7-13-30-66(57)78-68)70(73(58)79-67)45-35-39-54-52-20-6-12-28-62(52)76(64(54)41-45)60-26-10-4-18-50(60)51-19-5-11-27-61(51)76/h3-43H,1-2H3. The van der Waals surface area contributed by atoms with Gasteiger partial charge in [-0.1, -0.05) is 202 Å². The number of hydrogen-bond acceptors (Lipinski definition) is 4. The highest BCUT2D eigenvalue weighted by molar-refractivity contribution is 7.26. The van der Waals surface area contributed by atoms with Crippen LogP contribution in [-0.2, 0) is 10.8 Å². The van der Waals surface area contributed by atoms with Crippen LogP contribution in [0.15, 0.2) is 258 Å².